The summed E-state index contributed by atoms with van der Waals surface area (Å²) in [4.78, 5) is 0. The topological polar surface area (TPSA) is 57.2 Å². The molecule has 3 atom stereocenters. The Hall–Kier alpha value is -1.94. The van der Waals surface area contributed by atoms with Gasteiger partial charge in [-0.15, -0.1) is 23.5 Å². The lowest BCUT2D eigenvalue weighted by atomic mass is 9.79. The number of thioether (sulfide) groups is 2. The Kier molecular flexibility index (Phi) is 17.4. The molecule has 1 saturated heterocycles. The van der Waals surface area contributed by atoms with Crippen LogP contribution in [0.2, 0.25) is 18.1 Å². The Morgan fingerprint density at radius 2 is 1.46 bits per heavy atom. The molecule has 54 heavy (non-hydrogen) atoms. The van der Waals surface area contributed by atoms with E-state index in [9.17, 15) is 5.11 Å². The Bertz CT molecular complexity index is 1500. The molecule has 0 unspecified atom stereocenters. The number of hydrogen-bond donors (Lipinski definition) is 1. The second-order valence-electron chi connectivity index (χ2n) is 17.4. The summed E-state index contributed by atoms with van der Waals surface area (Å²) in [5, 5.41) is 12.4. The third-order valence-corrected chi connectivity index (χ3v) is 20.5. The predicted octanol–water partition coefficient (Wildman–Crippen LogP) is 12.4. The van der Waals surface area contributed by atoms with Gasteiger partial charge >= 0.3 is 0 Å². The van der Waals surface area contributed by atoms with Gasteiger partial charge in [0.2, 0.25) is 0 Å². The van der Waals surface area contributed by atoms with Gasteiger partial charge in [-0.25, -0.2) is 0 Å². The van der Waals surface area contributed by atoms with E-state index >= 15 is 0 Å². The van der Waals surface area contributed by atoms with Crippen LogP contribution in [0.5, 0.6) is 11.5 Å². The van der Waals surface area contributed by atoms with E-state index in [1.54, 1.807) is 7.11 Å². The van der Waals surface area contributed by atoms with Crippen molar-refractivity contribution >= 4 is 31.8 Å². The first-order valence-electron chi connectivity index (χ1n) is 20.2. The highest BCUT2D eigenvalue weighted by Crippen LogP contribution is 2.58. The molecule has 1 N–H and O–H groups in total. The van der Waals surface area contributed by atoms with Gasteiger partial charge in [0.25, 0.3) is 0 Å². The molecule has 1 fully saturated rings. The molecule has 4 rings (SSSR count). The maximum Gasteiger partial charge on any atom is 0.191 e. The second kappa shape index (κ2) is 21.0. The Labute approximate surface area is 338 Å². The first kappa shape index (κ1) is 44.8. The SMILES string of the molecule is COc1ccc(CO[C@H](CCCCc2cccc(OCc3ccccc3)c2)[C@@H](C)[C@@H](O)CC2(C(C)(C)CCCO[Si](C)(C)C(C)(C)C)SCCCS2)cc1. The highest BCUT2D eigenvalue weighted by Gasteiger charge is 2.49. The van der Waals surface area contributed by atoms with Gasteiger partial charge < -0.3 is 23.7 Å². The summed E-state index contributed by atoms with van der Waals surface area (Å²) in [5.41, 5.74) is 3.61. The van der Waals surface area contributed by atoms with Gasteiger partial charge in [-0.1, -0.05) is 103 Å². The molecule has 0 spiro atoms. The van der Waals surface area contributed by atoms with E-state index in [-0.39, 0.29) is 26.6 Å². The van der Waals surface area contributed by atoms with Crippen LogP contribution in [0.25, 0.3) is 0 Å². The smallest absolute Gasteiger partial charge is 0.191 e. The zero-order valence-corrected chi connectivity index (χ0v) is 37.5. The van der Waals surface area contributed by atoms with Crippen LogP contribution < -0.4 is 9.47 Å². The number of hydrogen-bond acceptors (Lipinski definition) is 7. The third kappa shape index (κ3) is 13.3. The number of benzene rings is 3. The van der Waals surface area contributed by atoms with Gasteiger partial charge in [-0.2, -0.15) is 0 Å². The van der Waals surface area contributed by atoms with Crippen molar-refractivity contribution in [2.24, 2.45) is 11.3 Å². The van der Waals surface area contributed by atoms with Crippen molar-refractivity contribution < 1.29 is 23.7 Å². The third-order valence-electron chi connectivity index (χ3n) is 11.9. The van der Waals surface area contributed by atoms with Crippen LogP contribution in [0.1, 0.15) is 103 Å². The van der Waals surface area contributed by atoms with E-state index < -0.39 is 14.4 Å². The largest absolute Gasteiger partial charge is 0.497 e. The molecule has 1 heterocycles. The lowest BCUT2D eigenvalue weighted by molar-refractivity contribution is -0.0480. The van der Waals surface area contributed by atoms with Gasteiger partial charge in [-0.3, -0.25) is 0 Å². The maximum absolute atomic E-state index is 12.1. The Balaban J connectivity index is 1.39. The number of methoxy groups -OCH3 is 1. The van der Waals surface area contributed by atoms with E-state index in [0.29, 0.717) is 13.2 Å². The first-order valence-corrected chi connectivity index (χ1v) is 25.1. The van der Waals surface area contributed by atoms with Crippen molar-refractivity contribution in [3.63, 3.8) is 0 Å². The van der Waals surface area contributed by atoms with Crippen molar-refractivity contribution in [3.8, 4) is 11.5 Å². The summed E-state index contributed by atoms with van der Waals surface area (Å²) in [6, 6.07) is 26.9. The van der Waals surface area contributed by atoms with Crippen LogP contribution in [0.4, 0.5) is 0 Å². The number of unbranched alkanes of at least 4 members (excludes halogenated alkanes) is 1. The van der Waals surface area contributed by atoms with E-state index in [1.807, 2.05) is 36.4 Å². The van der Waals surface area contributed by atoms with Crippen LogP contribution in [0.3, 0.4) is 0 Å². The fraction of sp³-hybridized carbons (Fsp3) is 0.609. The highest BCUT2D eigenvalue weighted by atomic mass is 32.2. The number of aliphatic hydroxyl groups excluding tert-OH is 1. The Morgan fingerprint density at radius 1 is 0.796 bits per heavy atom. The molecule has 0 bridgehead atoms. The van der Waals surface area contributed by atoms with Crippen LogP contribution in [0, 0.1) is 11.3 Å². The van der Waals surface area contributed by atoms with Gasteiger partial charge in [0.15, 0.2) is 8.32 Å². The molecular weight excluding hydrogens is 725 g/mol. The summed E-state index contributed by atoms with van der Waals surface area (Å²) in [6.07, 6.45) is 7.54. The molecule has 8 heteroatoms. The Morgan fingerprint density at radius 3 is 2.13 bits per heavy atom. The van der Waals surface area contributed by atoms with Gasteiger partial charge in [0.05, 0.1) is 30.0 Å². The zero-order valence-electron chi connectivity index (χ0n) is 34.8. The number of aliphatic hydroxyl groups is 1. The number of rotatable bonds is 22. The average Bonchev–Trinajstić information content (AvgIpc) is 3.16. The van der Waals surface area contributed by atoms with Gasteiger partial charge in [0.1, 0.15) is 18.1 Å². The maximum atomic E-state index is 12.1. The summed E-state index contributed by atoms with van der Waals surface area (Å²) in [5.74, 6) is 4.04. The molecule has 300 valence electrons. The van der Waals surface area contributed by atoms with Crippen molar-refractivity contribution in [3.05, 3.63) is 95.6 Å². The normalized spacial score (nSPS) is 16.8. The molecule has 1 aliphatic heterocycles. The molecule has 3 aromatic carbocycles. The van der Waals surface area contributed by atoms with Crippen molar-refractivity contribution in [1.29, 1.82) is 0 Å². The van der Waals surface area contributed by atoms with Crippen molar-refractivity contribution in [1.82, 2.24) is 0 Å². The van der Waals surface area contributed by atoms with E-state index in [0.717, 1.165) is 80.1 Å². The minimum atomic E-state index is -1.78. The summed E-state index contributed by atoms with van der Waals surface area (Å²) >= 11 is 4.17. The summed E-state index contributed by atoms with van der Waals surface area (Å²) in [6.45, 7) is 20.6. The standard InChI is InChI=1S/C46H70O5S2Si/c1-36(42(47)33-46(52-30-17-31-53-46)45(5,6)28-16-29-51-54(8,9)44(2,3)4)43(50-35-39-24-26-40(48-7)27-25-39)23-14-13-18-37-21-15-22-41(32-37)49-34-38-19-11-10-12-20-38/h10-12,15,19-22,24-27,32,36,42-43,47H,13-14,16-18,23,28-31,33-35H2,1-9H3/t36-,42-,43+/m0/s1. The molecule has 0 amide bonds. The van der Waals surface area contributed by atoms with Crippen molar-refractivity contribution in [2.75, 3.05) is 25.2 Å². The van der Waals surface area contributed by atoms with E-state index in [2.05, 4.69) is 121 Å². The monoisotopic (exact) mass is 794 g/mol. The van der Waals surface area contributed by atoms with Gasteiger partial charge in [0, 0.05) is 12.5 Å². The van der Waals surface area contributed by atoms with Crippen LogP contribution in [-0.2, 0) is 28.8 Å². The number of ether oxygens (including phenoxy) is 3. The zero-order chi connectivity index (χ0) is 39.2. The average molecular weight is 795 g/mol. The van der Waals surface area contributed by atoms with Gasteiger partial charge in [-0.05, 0) is 121 Å². The quantitative estimate of drug-likeness (QED) is 0.0803. The fourth-order valence-corrected chi connectivity index (χ4v) is 11.8. The van der Waals surface area contributed by atoms with Crippen LogP contribution >= 0.6 is 23.5 Å². The van der Waals surface area contributed by atoms with E-state index in [4.69, 9.17) is 18.6 Å². The second-order valence-corrected chi connectivity index (χ2v) is 25.3. The van der Waals surface area contributed by atoms with E-state index in [1.165, 1.54) is 17.5 Å². The predicted molar refractivity (Wildman–Crippen MR) is 235 cm³/mol. The fourth-order valence-electron chi connectivity index (χ4n) is 6.95. The molecule has 0 aromatic heterocycles. The molecule has 3 aromatic rings. The minimum Gasteiger partial charge on any atom is -0.497 e. The molecule has 0 radical (unpaired) electrons. The first-order chi connectivity index (χ1) is 25.6. The molecule has 0 saturated carbocycles. The minimum absolute atomic E-state index is 0.00400. The van der Waals surface area contributed by atoms with Crippen molar-refractivity contribution in [2.45, 2.75) is 141 Å². The lowest BCUT2D eigenvalue weighted by Gasteiger charge is -2.50. The number of aryl methyl sites for hydroxylation is 1. The molecule has 1 aliphatic rings. The lowest BCUT2D eigenvalue weighted by Crippen LogP contribution is -2.46. The summed E-state index contributed by atoms with van der Waals surface area (Å²) < 4.78 is 24.8. The summed E-state index contributed by atoms with van der Waals surface area (Å²) in [7, 11) is -0.0851. The molecule has 5 nitrogen and oxygen atoms in total. The van der Waals surface area contributed by atoms with Crippen LogP contribution in [0.15, 0.2) is 78.9 Å². The molecule has 0 aliphatic carbocycles. The molecular formula is C46H70O5S2Si. The highest BCUT2D eigenvalue weighted by molar-refractivity contribution is 8.18. The van der Waals surface area contributed by atoms with Crippen LogP contribution in [-0.4, -0.2) is 54.9 Å².